The molecule has 0 aliphatic rings. The van der Waals surface area contributed by atoms with E-state index in [1.807, 2.05) is 28.8 Å². The molecular formula is C18H20F3IN6. The van der Waals surface area contributed by atoms with Gasteiger partial charge < -0.3 is 10.6 Å². The molecule has 0 atom stereocenters. The van der Waals surface area contributed by atoms with Crippen LogP contribution in [0.2, 0.25) is 0 Å². The number of hydrogen-bond acceptors (Lipinski definition) is 3. The number of aliphatic imine (C=N–C) groups is 1. The first-order valence-corrected chi connectivity index (χ1v) is 8.36. The molecule has 0 unspecified atom stereocenters. The largest absolute Gasteiger partial charge is 0.416 e. The molecule has 0 aliphatic heterocycles. The smallest absolute Gasteiger partial charge is 0.356 e. The zero-order valence-electron chi connectivity index (χ0n) is 15.1. The fraction of sp³-hybridized carbons (Fsp3) is 0.278. The van der Waals surface area contributed by atoms with Gasteiger partial charge in [-0.15, -0.1) is 34.2 Å². The Bertz CT molecular complexity index is 921. The fourth-order valence-corrected chi connectivity index (χ4v) is 2.58. The highest BCUT2D eigenvalue weighted by atomic mass is 127. The predicted octanol–water partition coefficient (Wildman–Crippen LogP) is 3.27. The fourth-order valence-electron chi connectivity index (χ4n) is 2.58. The summed E-state index contributed by atoms with van der Waals surface area (Å²) in [6.45, 7) is 0.969. The highest BCUT2D eigenvalue weighted by Crippen LogP contribution is 2.29. The van der Waals surface area contributed by atoms with Crippen LogP contribution in [0, 0.1) is 0 Å². The van der Waals surface area contributed by atoms with Crippen molar-refractivity contribution in [2.24, 2.45) is 4.99 Å². The van der Waals surface area contributed by atoms with E-state index in [0.717, 1.165) is 29.2 Å². The van der Waals surface area contributed by atoms with Crippen LogP contribution in [0.3, 0.4) is 0 Å². The third kappa shape index (κ3) is 5.57. The summed E-state index contributed by atoms with van der Waals surface area (Å²) >= 11 is 0. The number of hydrogen-bond donors (Lipinski definition) is 2. The van der Waals surface area contributed by atoms with E-state index in [2.05, 4.69) is 25.8 Å². The summed E-state index contributed by atoms with van der Waals surface area (Å²) in [4.78, 5) is 4.13. The van der Waals surface area contributed by atoms with Gasteiger partial charge in [0.25, 0.3) is 0 Å². The first kappa shape index (κ1) is 21.9. The van der Waals surface area contributed by atoms with Crippen LogP contribution in [0.25, 0.3) is 5.65 Å². The van der Waals surface area contributed by atoms with E-state index < -0.39 is 11.7 Å². The lowest BCUT2D eigenvalue weighted by molar-refractivity contribution is -0.137. The minimum absolute atomic E-state index is 0. The van der Waals surface area contributed by atoms with Crippen LogP contribution in [0.5, 0.6) is 0 Å². The zero-order valence-corrected chi connectivity index (χ0v) is 17.4. The molecule has 0 fully saturated rings. The van der Waals surface area contributed by atoms with E-state index in [1.165, 1.54) is 12.1 Å². The van der Waals surface area contributed by atoms with E-state index in [1.54, 1.807) is 7.05 Å². The molecule has 0 radical (unpaired) electrons. The number of alkyl halides is 3. The lowest BCUT2D eigenvalue weighted by atomic mass is 10.1. The Balaban J connectivity index is 0.00000280. The summed E-state index contributed by atoms with van der Waals surface area (Å²) in [5, 5.41) is 14.5. The van der Waals surface area contributed by atoms with Gasteiger partial charge in [-0.2, -0.15) is 13.2 Å². The van der Waals surface area contributed by atoms with Crippen LogP contribution in [-0.4, -0.2) is 34.2 Å². The minimum Gasteiger partial charge on any atom is -0.356 e. The summed E-state index contributed by atoms with van der Waals surface area (Å²) < 4.78 is 39.6. The number of fused-ring (bicyclic) bond motifs is 1. The van der Waals surface area contributed by atoms with Gasteiger partial charge >= 0.3 is 6.18 Å². The van der Waals surface area contributed by atoms with Crippen LogP contribution in [-0.2, 0) is 19.1 Å². The zero-order chi connectivity index (χ0) is 19.3. The average Bonchev–Trinajstić information content (AvgIpc) is 3.07. The Labute approximate surface area is 177 Å². The second kappa shape index (κ2) is 9.71. The summed E-state index contributed by atoms with van der Waals surface area (Å²) in [5.74, 6) is 1.32. The lowest BCUT2D eigenvalue weighted by Gasteiger charge is -2.12. The standard InChI is InChI=1S/C18H19F3N6.HI/c1-22-17(24-12-16-26-25-15-4-2-3-11-27(15)16)23-10-9-13-5-7-14(8-6-13)18(19,20)21;/h2-8,11H,9-10,12H2,1H3,(H2,22,23,24);1H. The van der Waals surface area contributed by atoms with Crippen LogP contribution < -0.4 is 10.6 Å². The highest BCUT2D eigenvalue weighted by Gasteiger charge is 2.29. The van der Waals surface area contributed by atoms with Crippen molar-refractivity contribution in [1.82, 2.24) is 25.2 Å². The van der Waals surface area contributed by atoms with Gasteiger partial charge in [-0.05, 0) is 36.2 Å². The van der Waals surface area contributed by atoms with E-state index in [9.17, 15) is 13.2 Å². The molecule has 3 aromatic rings. The Morgan fingerprint density at radius 2 is 1.82 bits per heavy atom. The van der Waals surface area contributed by atoms with Crippen molar-refractivity contribution in [3.05, 3.63) is 65.6 Å². The summed E-state index contributed by atoms with van der Waals surface area (Å²) in [6.07, 6.45) is -1.85. The van der Waals surface area contributed by atoms with Crippen molar-refractivity contribution in [3.63, 3.8) is 0 Å². The molecule has 2 heterocycles. The maximum absolute atomic E-state index is 12.6. The van der Waals surface area contributed by atoms with Gasteiger partial charge in [0.15, 0.2) is 17.4 Å². The monoisotopic (exact) mass is 504 g/mol. The Kier molecular flexibility index (Phi) is 7.61. The Morgan fingerprint density at radius 1 is 1.07 bits per heavy atom. The molecule has 1 aromatic carbocycles. The molecule has 150 valence electrons. The number of guanidine groups is 1. The number of rotatable bonds is 5. The molecule has 0 spiro atoms. The average molecular weight is 504 g/mol. The normalized spacial score (nSPS) is 11.9. The topological polar surface area (TPSA) is 66.6 Å². The quantitative estimate of drug-likeness (QED) is 0.318. The molecule has 2 N–H and O–H groups in total. The first-order valence-electron chi connectivity index (χ1n) is 8.36. The minimum atomic E-state index is -4.31. The van der Waals surface area contributed by atoms with Crippen molar-refractivity contribution in [2.75, 3.05) is 13.6 Å². The van der Waals surface area contributed by atoms with Crippen molar-refractivity contribution in [1.29, 1.82) is 0 Å². The first-order chi connectivity index (χ1) is 13.0. The summed E-state index contributed by atoms with van der Waals surface area (Å²) in [7, 11) is 1.65. The maximum atomic E-state index is 12.6. The third-order valence-electron chi connectivity index (χ3n) is 4.01. The predicted molar refractivity (Wildman–Crippen MR) is 112 cm³/mol. The van der Waals surface area contributed by atoms with E-state index in [4.69, 9.17) is 0 Å². The maximum Gasteiger partial charge on any atom is 0.416 e. The molecular weight excluding hydrogens is 484 g/mol. The number of aromatic nitrogens is 3. The van der Waals surface area contributed by atoms with E-state index in [0.29, 0.717) is 25.5 Å². The molecule has 0 saturated heterocycles. The van der Waals surface area contributed by atoms with Crippen LogP contribution in [0.4, 0.5) is 13.2 Å². The summed E-state index contributed by atoms with van der Waals surface area (Å²) in [6, 6.07) is 10.8. The van der Waals surface area contributed by atoms with Gasteiger partial charge in [-0.3, -0.25) is 9.39 Å². The Morgan fingerprint density at radius 3 is 2.50 bits per heavy atom. The number of halogens is 4. The van der Waals surface area contributed by atoms with Gasteiger partial charge in [0.2, 0.25) is 0 Å². The molecule has 0 saturated carbocycles. The van der Waals surface area contributed by atoms with Gasteiger partial charge in [0.1, 0.15) is 0 Å². The van der Waals surface area contributed by atoms with Crippen molar-refractivity contribution < 1.29 is 13.2 Å². The molecule has 0 aliphatic carbocycles. The molecule has 0 amide bonds. The molecule has 28 heavy (non-hydrogen) atoms. The Hall–Kier alpha value is -2.37. The van der Waals surface area contributed by atoms with E-state index in [-0.39, 0.29) is 24.0 Å². The van der Waals surface area contributed by atoms with Gasteiger partial charge in [0.05, 0.1) is 12.1 Å². The van der Waals surface area contributed by atoms with Gasteiger partial charge in [-0.25, -0.2) is 0 Å². The van der Waals surface area contributed by atoms with Crippen LogP contribution >= 0.6 is 24.0 Å². The van der Waals surface area contributed by atoms with Crippen LogP contribution in [0.15, 0.2) is 53.7 Å². The molecule has 10 heteroatoms. The van der Waals surface area contributed by atoms with Crippen LogP contribution in [0.1, 0.15) is 17.0 Å². The number of nitrogens with zero attached hydrogens (tertiary/aromatic N) is 4. The van der Waals surface area contributed by atoms with Gasteiger partial charge in [-0.1, -0.05) is 18.2 Å². The SMILES string of the molecule is CN=C(NCCc1ccc(C(F)(F)F)cc1)NCc1nnc2ccccn12.I. The second-order valence-electron chi connectivity index (χ2n) is 5.84. The second-order valence-corrected chi connectivity index (χ2v) is 5.84. The van der Waals surface area contributed by atoms with E-state index >= 15 is 0 Å². The molecule has 2 aromatic heterocycles. The third-order valence-corrected chi connectivity index (χ3v) is 4.01. The number of nitrogens with one attached hydrogen (secondary N) is 2. The van der Waals surface area contributed by atoms with Gasteiger partial charge in [0, 0.05) is 19.8 Å². The number of pyridine rings is 1. The van der Waals surface area contributed by atoms with Crippen molar-refractivity contribution in [2.45, 2.75) is 19.1 Å². The van der Waals surface area contributed by atoms with Crippen molar-refractivity contribution >= 4 is 35.6 Å². The molecule has 6 nitrogen and oxygen atoms in total. The molecule has 3 rings (SSSR count). The highest BCUT2D eigenvalue weighted by molar-refractivity contribution is 14.0. The van der Waals surface area contributed by atoms with Crippen molar-refractivity contribution in [3.8, 4) is 0 Å². The number of benzene rings is 1. The molecule has 0 bridgehead atoms. The lowest BCUT2D eigenvalue weighted by Crippen LogP contribution is -2.38. The summed E-state index contributed by atoms with van der Waals surface area (Å²) in [5.41, 5.74) is 0.936.